The van der Waals surface area contributed by atoms with Gasteiger partial charge in [-0.05, 0) is 48.7 Å². The van der Waals surface area contributed by atoms with Gasteiger partial charge in [-0.15, -0.1) is 0 Å². The SMILES string of the molecule is CCc1ccc(N2C[C@@H](C(=O)Nc3ccccc3C(=O)NCc3ccc(C)cc3)CC2=O)cc1. The van der Waals surface area contributed by atoms with Crippen molar-refractivity contribution in [2.24, 2.45) is 5.92 Å². The average Bonchev–Trinajstić information content (AvgIpc) is 3.25. The van der Waals surface area contributed by atoms with Crippen molar-refractivity contribution in [3.8, 4) is 0 Å². The van der Waals surface area contributed by atoms with E-state index in [0.29, 0.717) is 24.3 Å². The van der Waals surface area contributed by atoms with E-state index in [-0.39, 0.29) is 24.1 Å². The first kappa shape index (κ1) is 23.2. The van der Waals surface area contributed by atoms with Crippen LogP contribution in [-0.2, 0) is 22.6 Å². The minimum atomic E-state index is -0.484. The molecule has 0 spiro atoms. The molecule has 0 saturated carbocycles. The minimum absolute atomic E-state index is 0.0754. The topological polar surface area (TPSA) is 78.5 Å². The summed E-state index contributed by atoms with van der Waals surface area (Å²) in [6.45, 7) is 4.81. The molecule has 1 aliphatic heterocycles. The summed E-state index contributed by atoms with van der Waals surface area (Å²) in [6.07, 6.45) is 1.07. The zero-order chi connectivity index (χ0) is 24.1. The van der Waals surface area contributed by atoms with Gasteiger partial charge < -0.3 is 15.5 Å². The molecule has 1 atom stereocenters. The summed E-state index contributed by atoms with van der Waals surface area (Å²) in [7, 11) is 0. The Morgan fingerprint density at radius 3 is 2.32 bits per heavy atom. The van der Waals surface area contributed by atoms with E-state index < -0.39 is 5.92 Å². The van der Waals surface area contributed by atoms with E-state index in [1.165, 1.54) is 5.56 Å². The third kappa shape index (κ3) is 5.34. The van der Waals surface area contributed by atoms with E-state index >= 15 is 0 Å². The number of benzene rings is 3. The molecule has 34 heavy (non-hydrogen) atoms. The maximum absolute atomic E-state index is 13.0. The van der Waals surface area contributed by atoms with Crippen LogP contribution in [0.25, 0.3) is 0 Å². The smallest absolute Gasteiger partial charge is 0.253 e. The largest absolute Gasteiger partial charge is 0.348 e. The van der Waals surface area contributed by atoms with E-state index in [1.807, 2.05) is 55.5 Å². The normalized spacial score (nSPS) is 15.3. The number of carbonyl (C=O) groups is 3. The Bertz CT molecular complexity index is 1190. The Labute approximate surface area is 200 Å². The third-order valence-electron chi connectivity index (χ3n) is 6.16. The quantitative estimate of drug-likeness (QED) is 0.551. The lowest BCUT2D eigenvalue weighted by atomic mass is 10.1. The molecular formula is C28H29N3O3. The van der Waals surface area contributed by atoms with Crippen molar-refractivity contribution in [1.29, 1.82) is 0 Å². The minimum Gasteiger partial charge on any atom is -0.348 e. The maximum Gasteiger partial charge on any atom is 0.253 e. The highest BCUT2D eigenvalue weighted by atomic mass is 16.2. The van der Waals surface area contributed by atoms with E-state index in [1.54, 1.807) is 29.2 Å². The molecular weight excluding hydrogens is 426 g/mol. The second-order valence-corrected chi connectivity index (χ2v) is 8.63. The molecule has 2 N–H and O–H groups in total. The van der Waals surface area contributed by atoms with Crippen molar-refractivity contribution in [2.45, 2.75) is 33.2 Å². The van der Waals surface area contributed by atoms with Gasteiger partial charge in [-0.1, -0.05) is 61.0 Å². The molecule has 6 nitrogen and oxygen atoms in total. The van der Waals surface area contributed by atoms with Gasteiger partial charge in [-0.3, -0.25) is 14.4 Å². The molecule has 0 aliphatic carbocycles. The Morgan fingerprint density at radius 1 is 0.941 bits per heavy atom. The van der Waals surface area contributed by atoms with Crippen LogP contribution in [0.4, 0.5) is 11.4 Å². The van der Waals surface area contributed by atoms with Crippen LogP contribution in [-0.4, -0.2) is 24.3 Å². The van der Waals surface area contributed by atoms with Crippen molar-refractivity contribution >= 4 is 29.1 Å². The van der Waals surface area contributed by atoms with Crippen molar-refractivity contribution in [2.75, 3.05) is 16.8 Å². The van der Waals surface area contributed by atoms with Crippen LogP contribution in [0.15, 0.2) is 72.8 Å². The molecule has 174 valence electrons. The van der Waals surface area contributed by atoms with Crippen LogP contribution in [0.1, 0.15) is 40.4 Å². The number of hydrogen-bond donors (Lipinski definition) is 2. The summed E-state index contributed by atoms with van der Waals surface area (Å²) in [4.78, 5) is 40.1. The number of nitrogens with one attached hydrogen (secondary N) is 2. The van der Waals surface area contributed by atoms with Gasteiger partial charge in [0.2, 0.25) is 11.8 Å². The maximum atomic E-state index is 13.0. The first-order chi connectivity index (χ1) is 16.4. The molecule has 3 aromatic rings. The number of amides is 3. The van der Waals surface area contributed by atoms with Gasteiger partial charge in [0.25, 0.3) is 5.91 Å². The molecule has 1 aliphatic rings. The average molecular weight is 456 g/mol. The number of aryl methyl sites for hydroxylation is 2. The number of hydrogen-bond acceptors (Lipinski definition) is 3. The first-order valence-electron chi connectivity index (χ1n) is 11.6. The number of nitrogens with zero attached hydrogens (tertiary/aromatic N) is 1. The number of anilines is 2. The van der Waals surface area contributed by atoms with Crippen molar-refractivity contribution in [3.05, 3.63) is 95.1 Å². The molecule has 1 saturated heterocycles. The zero-order valence-electron chi connectivity index (χ0n) is 19.5. The summed E-state index contributed by atoms with van der Waals surface area (Å²) in [5, 5.41) is 5.78. The van der Waals surface area contributed by atoms with Crippen molar-refractivity contribution < 1.29 is 14.4 Å². The Morgan fingerprint density at radius 2 is 1.62 bits per heavy atom. The Hall–Kier alpha value is -3.93. The fourth-order valence-corrected chi connectivity index (χ4v) is 4.05. The molecule has 0 aromatic heterocycles. The highest BCUT2D eigenvalue weighted by molar-refractivity contribution is 6.07. The second kappa shape index (κ2) is 10.3. The third-order valence-corrected chi connectivity index (χ3v) is 6.16. The fraction of sp³-hybridized carbons (Fsp3) is 0.250. The highest BCUT2D eigenvalue weighted by Crippen LogP contribution is 2.27. The lowest BCUT2D eigenvalue weighted by Gasteiger charge is -2.17. The van der Waals surface area contributed by atoms with Gasteiger partial charge in [0.15, 0.2) is 0 Å². The van der Waals surface area contributed by atoms with Crippen molar-refractivity contribution in [1.82, 2.24) is 5.32 Å². The van der Waals surface area contributed by atoms with Gasteiger partial charge in [0, 0.05) is 25.2 Å². The molecule has 4 rings (SSSR count). The van der Waals surface area contributed by atoms with Crippen LogP contribution in [0.5, 0.6) is 0 Å². The first-order valence-corrected chi connectivity index (χ1v) is 11.6. The van der Waals surface area contributed by atoms with E-state index in [2.05, 4.69) is 17.6 Å². The zero-order valence-corrected chi connectivity index (χ0v) is 19.5. The number of carbonyl (C=O) groups excluding carboxylic acids is 3. The summed E-state index contributed by atoms with van der Waals surface area (Å²) in [6, 6.07) is 22.7. The van der Waals surface area contributed by atoms with Crippen LogP contribution in [0, 0.1) is 12.8 Å². The molecule has 0 radical (unpaired) electrons. The number of rotatable bonds is 7. The molecule has 1 fully saturated rings. The molecule has 0 bridgehead atoms. The van der Waals surface area contributed by atoms with Gasteiger partial charge in [-0.2, -0.15) is 0 Å². The van der Waals surface area contributed by atoms with E-state index in [0.717, 1.165) is 23.2 Å². The van der Waals surface area contributed by atoms with Crippen LogP contribution >= 0.6 is 0 Å². The lowest BCUT2D eigenvalue weighted by Crippen LogP contribution is -2.29. The van der Waals surface area contributed by atoms with Gasteiger partial charge in [-0.25, -0.2) is 0 Å². The van der Waals surface area contributed by atoms with Crippen molar-refractivity contribution in [3.63, 3.8) is 0 Å². The van der Waals surface area contributed by atoms with E-state index in [4.69, 9.17) is 0 Å². The highest BCUT2D eigenvalue weighted by Gasteiger charge is 2.35. The molecule has 3 aromatic carbocycles. The molecule has 0 unspecified atom stereocenters. The fourth-order valence-electron chi connectivity index (χ4n) is 4.05. The lowest BCUT2D eigenvalue weighted by molar-refractivity contribution is -0.122. The van der Waals surface area contributed by atoms with Gasteiger partial charge in [0.1, 0.15) is 0 Å². The second-order valence-electron chi connectivity index (χ2n) is 8.63. The molecule has 6 heteroatoms. The predicted octanol–water partition coefficient (Wildman–Crippen LogP) is 4.48. The summed E-state index contributed by atoms with van der Waals surface area (Å²) < 4.78 is 0. The van der Waals surface area contributed by atoms with Crippen LogP contribution < -0.4 is 15.5 Å². The summed E-state index contributed by atoms with van der Waals surface area (Å²) in [5.41, 5.74) is 4.98. The Balaban J connectivity index is 1.40. The predicted molar refractivity (Wildman–Crippen MR) is 134 cm³/mol. The summed E-state index contributed by atoms with van der Waals surface area (Å²) in [5.74, 6) is -1.09. The van der Waals surface area contributed by atoms with E-state index in [9.17, 15) is 14.4 Å². The molecule has 3 amide bonds. The van der Waals surface area contributed by atoms with Crippen LogP contribution in [0.2, 0.25) is 0 Å². The van der Waals surface area contributed by atoms with Gasteiger partial charge >= 0.3 is 0 Å². The summed E-state index contributed by atoms with van der Waals surface area (Å²) >= 11 is 0. The van der Waals surface area contributed by atoms with Gasteiger partial charge in [0.05, 0.1) is 17.2 Å². The van der Waals surface area contributed by atoms with Crippen LogP contribution in [0.3, 0.4) is 0 Å². The monoisotopic (exact) mass is 455 g/mol. The molecule has 1 heterocycles. The number of para-hydroxylation sites is 1. The standard InChI is InChI=1S/C28H29N3O3/c1-3-20-12-14-23(15-13-20)31-18-22(16-26(31)32)27(33)30-25-7-5-4-6-24(25)28(34)29-17-21-10-8-19(2)9-11-21/h4-15,22H,3,16-18H2,1-2H3,(H,29,34)(H,30,33)/t22-/m0/s1. The Kier molecular flexibility index (Phi) is 7.07.